The molecule has 2 N–H and O–H groups in total. The van der Waals surface area contributed by atoms with Crippen LogP contribution in [0.3, 0.4) is 0 Å². The van der Waals surface area contributed by atoms with Crippen LogP contribution in [0, 0.1) is 0 Å². The summed E-state index contributed by atoms with van der Waals surface area (Å²) in [6.07, 6.45) is 18.2. The van der Waals surface area contributed by atoms with E-state index in [9.17, 15) is 9.59 Å². The lowest BCUT2D eigenvalue weighted by molar-refractivity contribution is -0.552. The maximum atomic E-state index is 14.0. The third-order valence-electron chi connectivity index (χ3n) is 16.7. The Morgan fingerprint density at radius 2 is 1.50 bits per heavy atom. The minimum absolute atomic E-state index is 0.00801. The largest absolute Gasteiger partial charge is 0.494 e. The van der Waals surface area contributed by atoms with Crippen LogP contribution in [0.1, 0.15) is 130 Å². The summed E-state index contributed by atoms with van der Waals surface area (Å²) >= 11 is 0. The van der Waals surface area contributed by atoms with Crippen LogP contribution in [-0.4, -0.2) is 62.2 Å². The van der Waals surface area contributed by atoms with Gasteiger partial charge in [0.25, 0.3) is 5.91 Å². The Bertz CT molecular complexity index is 3520. The molecule has 13 rings (SSSR count). The second-order valence-corrected chi connectivity index (χ2v) is 21.9. The Morgan fingerprint density at radius 1 is 0.724 bits per heavy atom. The molecule has 6 aromatic carbocycles. The fourth-order valence-electron chi connectivity index (χ4n) is 13.1. The molecule has 7 heterocycles. The Morgan fingerprint density at radius 3 is 2.41 bits per heavy atom. The predicted molar refractivity (Wildman–Crippen MR) is 300 cm³/mol. The number of aryl methyl sites for hydroxylation is 2. The number of hydrogen-bond donors (Lipinski definition) is 2. The number of aromatic nitrogens is 2. The second kappa shape index (κ2) is 21.2. The van der Waals surface area contributed by atoms with Gasteiger partial charge in [0, 0.05) is 89.6 Å². The molecule has 0 fully saturated rings. The van der Waals surface area contributed by atoms with E-state index in [2.05, 4.69) is 74.7 Å². The van der Waals surface area contributed by atoms with Gasteiger partial charge in [-0.15, -0.1) is 0 Å². The molecule has 0 radical (unpaired) electrons. The number of anilines is 2. The molecule has 6 aliphatic heterocycles. The minimum Gasteiger partial charge on any atom is -0.494 e. The summed E-state index contributed by atoms with van der Waals surface area (Å²) in [4.78, 5) is 35.7. The average molecular weight is 1010 g/mol. The molecule has 10 nitrogen and oxygen atoms in total. The van der Waals surface area contributed by atoms with Crippen molar-refractivity contribution in [3.63, 3.8) is 0 Å². The first-order valence-corrected chi connectivity index (χ1v) is 28.4. The second-order valence-electron chi connectivity index (χ2n) is 21.9. The van der Waals surface area contributed by atoms with Gasteiger partial charge in [0.2, 0.25) is 5.36 Å². The van der Waals surface area contributed by atoms with Gasteiger partial charge in [0.15, 0.2) is 6.04 Å². The number of rotatable bonds is 15. The zero-order chi connectivity index (χ0) is 51.0. The summed E-state index contributed by atoms with van der Waals surface area (Å²) in [6.45, 7) is 5.70. The number of amides is 1. The van der Waals surface area contributed by atoms with Crippen LogP contribution in [0.5, 0.6) is 17.2 Å². The van der Waals surface area contributed by atoms with Crippen molar-refractivity contribution in [3.05, 3.63) is 194 Å². The normalized spacial score (nSPS) is 17.0. The van der Waals surface area contributed by atoms with E-state index >= 15 is 0 Å². The molecule has 0 spiro atoms. The summed E-state index contributed by atoms with van der Waals surface area (Å²) in [5.41, 5.74) is 16.1. The molecule has 1 unspecified atom stereocenters. The van der Waals surface area contributed by atoms with Gasteiger partial charge in [-0.05, 0) is 123 Å². The zero-order valence-corrected chi connectivity index (χ0v) is 43.7. The van der Waals surface area contributed by atoms with Crippen LogP contribution in [-0.2, 0) is 38.5 Å². The number of hydrogen-bond acceptors (Lipinski definition) is 7. The first-order valence-electron chi connectivity index (χ1n) is 28.4. The maximum absolute atomic E-state index is 14.0. The Kier molecular flexibility index (Phi) is 13.4. The lowest BCUT2D eigenvalue weighted by Gasteiger charge is -2.35. The highest BCUT2D eigenvalue weighted by Crippen LogP contribution is 2.48. The minimum atomic E-state index is -0.426. The first-order chi connectivity index (χ1) is 37.5. The van der Waals surface area contributed by atoms with Gasteiger partial charge in [-0.1, -0.05) is 97.8 Å². The molecule has 1 amide bonds. The van der Waals surface area contributed by atoms with Crippen molar-refractivity contribution in [2.24, 2.45) is 0 Å². The van der Waals surface area contributed by atoms with Crippen molar-refractivity contribution in [3.8, 4) is 28.5 Å². The number of carbonyl (C=O) groups is 2. The molecule has 1 atom stereocenters. The molecule has 76 heavy (non-hydrogen) atoms. The fourth-order valence-corrected chi connectivity index (χ4v) is 13.1. The molecule has 10 heteroatoms. The van der Waals surface area contributed by atoms with E-state index in [0.29, 0.717) is 31.6 Å². The Hall–Kier alpha value is -7.59. The van der Waals surface area contributed by atoms with Gasteiger partial charge in [0.05, 0.1) is 12.2 Å². The number of carbonyl (C=O) groups excluding carboxylic acids is 2. The summed E-state index contributed by atoms with van der Waals surface area (Å²) < 4.78 is 18.0. The monoisotopic (exact) mass is 1010 g/mol. The molecule has 0 aliphatic carbocycles. The highest BCUT2D eigenvalue weighted by Gasteiger charge is 2.41. The Labute approximate surface area is 446 Å². The molecule has 0 saturated carbocycles. The zero-order valence-electron chi connectivity index (χ0n) is 43.7. The first kappa shape index (κ1) is 48.1. The Balaban J connectivity index is 0.649. The van der Waals surface area contributed by atoms with Gasteiger partial charge in [-0.2, -0.15) is 4.57 Å². The third kappa shape index (κ3) is 9.45. The molecule has 0 saturated heterocycles. The van der Waals surface area contributed by atoms with E-state index in [1.165, 1.54) is 75.3 Å². The number of fused-ring (bicyclic) bond motifs is 5. The average Bonchev–Trinajstić information content (AvgIpc) is 3.59. The quantitative estimate of drug-likeness (QED) is 0.0780. The number of nitrogens with zero attached hydrogens (tertiary/aromatic N) is 4. The van der Waals surface area contributed by atoms with Gasteiger partial charge in [-0.3, -0.25) is 10.1 Å². The van der Waals surface area contributed by atoms with E-state index < -0.39 is 6.04 Å². The van der Waals surface area contributed by atoms with Crippen molar-refractivity contribution in [2.45, 2.75) is 109 Å². The number of benzene rings is 6. The van der Waals surface area contributed by atoms with Gasteiger partial charge in [-0.25, -0.2) is 14.4 Å². The van der Waals surface area contributed by atoms with Crippen LogP contribution < -0.4 is 44.7 Å². The van der Waals surface area contributed by atoms with Crippen LogP contribution in [0.15, 0.2) is 128 Å². The number of unbranched alkanes of at least 4 members (excludes halogenated alkanes) is 3. The molecule has 0 bridgehead atoms. The third-order valence-corrected chi connectivity index (χ3v) is 16.7. The molecule has 7 aromatic rings. The maximum Gasteiger partial charge on any atom is 0.359 e. The standard InChI is InChI=1S/C66H66N6O4/c73-65(67-31-11-1-2-14-36-75-51-28-15-21-45(37-51)39-57-66(74)72-43-58(46-22-7-4-8-23-46)68-56(64(72)69-57)38-44-19-5-3-6-20-44)50-27-16-26-47(40-50)59-54-41-48-24-9-12-32-70-34-17-29-52(60(48)70)62(54)76-63-53-30-18-35-71-33-13-10-25-49(61(53)71)42-55(59)63/h3-8,15-16,19-23,26-28,37,40-43,57H,1-2,9-14,17-18,24-25,29-36,38-39H2/p+2. The highest BCUT2D eigenvalue weighted by molar-refractivity contribution is 5.97. The van der Waals surface area contributed by atoms with E-state index in [1.807, 2.05) is 72.9 Å². The number of ether oxygens (including phenoxy) is 2. The molecule has 384 valence electrons. The van der Waals surface area contributed by atoms with Gasteiger partial charge < -0.3 is 19.7 Å². The smallest absolute Gasteiger partial charge is 0.359 e. The van der Waals surface area contributed by atoms with Crippen molar-refractivity contribution in [2.75, 3.05) is 49.5 Å². The van der Waals surface area contributed by atoms with Gasteiger partial charge >= 0.3 is 11.7 Å². The summed E-state index contributed by atoms with van der Waals surface area (Å²) in [7, 11) is 0. The summed E-state index contributed by atoms with van der Waals surface area (Å²) in [5, 5.41) is 9.43. The predicted octanol–water partition coefficient (Wildman–Crippen LogP) is 9.89. The summed E-state index contributed by atoms with van der Waals surface area (Å²) in [5.74, 6) is 3.63. The molecular weight excluding hydrogens is 941 g/mol. The van der Waals surface area contributed by atoms with Crippen molar-refractivity contribution in [1.82, 2.24) is 14.9 Å². The molecular formula is C66H68N6O4+2. The van der Waals surface area contributed by atoms with Crippen LogP contribution in [0.4, 0.5) is 11.5 Å². The molecule has 6 aliphatic rings. The van der Waals surface area contributed by atoms with E-state index in [1.54, 1.807) is 4.57 Å². The van der Waals surface area contributed by atoms with E-state index in [0.717, 1.165) is 147 Å². The topological polar surface area (TPSA) is 99.7 Å². The number of nitrogens with one attached hydrogen (secondary N) is 2. The van der Waals surface area contributed by atoms with Crippen molar-refractivity contribution in [1.29, 1.82) is 0 Å². The summed E-state index contributed by atoms with van der Waals surface area (Å²) in [6, 6.07) is 41.3. The van der Waals surface area contributed by atoms with Crippen molar-refractivity contribution < 1.29 is 23.6 Å². The van der Waals surface area contributed by atoms with Gasteiger partial charge in [0.1, 0.15) is 47.9 Å². The lowest BCUT2D eigenvalue weighted by Crippen LogP contribution is -2.44. The van der Waals surface area contributed by atoms with Crippen molar-refractivity contribution >= 4 is 28.9 Å². The SMILES string of the molecule is O=C(NCCCCCCOc1cccc(CC2Nc3c(Cc4ccccc4)nc(-c4ccccc4)c[n+]3C2=O)c1)c1cccc(C2=c3cc4c5c(c3Oc3c2cc2c6c3CCCN6CCCC2)CCC[N+]=5CCCC4)c1. The fraction of sp³-hybridized carbons (Fsp3) is 0.348. The highest BCUT2D eigenvalue weighted by atomic mass is 16.5. The van der Waals surface area contributed by atoms with Crippen LogP contribution in [0.25, 0.3) is 16.8 Å². The lowest BCUT2D eigenvalue weighted by atomic mass is 9.84. The van der Waals surface area contributed by atoms with Crippen LogP contribution in [0.2, 0.25) is 0 Å². The van der Waals surface area contributed by atoms with E-state index in [4.69, 9.17) is 14.5 Å². The van der Waals surface area contributed by atoms with E-state index in [-0.39, 0.29) is 11.8 Å². The molecule has 1 aromatic heterocycles. The van der Waals surface area contributed by atoms with Crippen LogP contribution >= 0.6 is 0 Å².